The van der Waals surface area contributed by atoms with Gasteiger partial charge in [-0.05, 0) is 62.4 Å². The van der Waals surface area contributed by atoms with Crippen molar-refractivity contribution in [1.29, 1.82) is 5.41 Å². The molecule has 3 N–H and O–H groups in total. The number of nitrogens with zero attached hydrogens (tertiary/aromatic N) is 2. The summed E-state index contributed by atoms with van der Waals surface area (Å²) in [6, 6.07) is 8.36. The molecule has 1 aromatic rings. The number of methoxy groups -OCH3 is 1. The van der Waals surface area contributed by atoms with Gasteiger partial charge in [0.15, 0.2) is 5.96 Å². The number of nitrogens with one attached hydrogen (secondary N) is 1. The summed E-state index contributed by atoms with van der Waals surface area (Å²) in [6.07, 6.45) is 3.53. The number of ether oxygens (including phenoxy) is 2. The first-order valence-electron chi connectivity index (χ1n) is 9.92. The third-order valence-corrected chi connectivity index (χ3v) is 5.17. The van der Waals surface area contributed by atoms with Crippen molar-refractivity contribution in [1.82, 2.24) is 4.90 Å². The van der Waals surface area contributed by atoms with Crippen molar-refractivity contribution in [2.45, 2.75) is 46.1 Å². The lowest BCUT2D eigenvalue weighted by molar-refractivity contribution is 0.146. The van der Waals surface area contributed by atoms with Crippen LogP contribution in [-0.2, 0) is 4.74 Å². The van der Waals surface area contributed by atoms with E-state index in [1.54, 1.807) is 7.11 Å². The van der Waals surface area contributed by atoms with E-state index >= 15 is 0 Å². The molecule has 0 bridgehead atoms. The largest absolute Gasteiger partial charge is 0.491 e. The number of rotatable bonds is 8. The summed E-state index contributed by atoms with van der Waals surface area (Å²) in [5.74, 6) is 1.38. The topological polar surface area (TPSA) is 74.8 Å². The zero-order valence-corrected chi connectivity index (χ0v) is 17.3. The molecule has 1 aromatic carbocycles. The lowest BCUT2D eigenvalue weighted by Gasteiger charge is -2.42. The highest BCUT2D eigenvalue weighted by Gasteiger charge is 2.29. The molecule has 6 heteroatoms. The smallest absolute Gasteiger partial charge is 0.198 e. The average Bonchev–Trinajstić information content (AvgIpc) is 2.67. The van der Waals surface area contributed by atoms with Crippen LogP contribution >= 0.6 is 0 Å². The molecule has 152 valence electrons. The molecule has 1 saturated heterocycles. The number of anilines is 1. The average molecular weight is 377 g/mol. The van der Waals surface area contributed by atoms with Gasteiger partial charge in [-0.1, -0.05) is 13.8 Å². The maximum absolute atomic E-state index is 8.92. The summed E-state index contributed by atoms with van der Waals surface area (Å²) in [7, 11) is 1.66. The Morgan fingerprint density at radius 1 is 1.26 bits per heavy atom. The van der Waals surface area contributed by atoms with E-state index in [1.807, 2.05) is 24.3 Å². The number of hydrogen-bond acceptors (Lipinski definition) is 4. The molecule has 1 aliphatic heterocycles. The third kappa shape index (κ3) is 6.11. The highest BCUT2D eigenvalue weighted by molar-refractivity contribution is 5.94. The van der Waals surface area contributed by atoms with E-state index in [2.05, 4.69) is 30.6 Å². The second-order valence-electron chi connectivity index (χ2n) is 8.15. The summed E-state index contributed by atoms with van der Waals surface area (Å²) in [6.45, 7) is 9.83. The number of nitrogens with two attached hydrogens (primary N) is 1. The van der Waals surface area contributed by atoms with Gasteiger partial charge in [0.25, 0.3) is 0 Å². The fraction of sp³-hybridized carbons (Fsp3) is 0.667. The van der Waals surface area contributed by atoms with Crippen LogP contribution < -0.4 is 15.4 Å². The Morgan fingerprint density at radius 3 is 2.56 bits per heavy atom. The molecular weight excluding hydrogens is 340 g/mol. The van der Waals surface area contributed by atoms with Crippen molar-refractivity contribution in [2.75, 3.05) is 44.9 Å². The number of likely N-dealkylation sites (tertiary alicyclic amines) is 1. The molecule has 0 saturated carbocycles. The van der Waals surface area contributed by atoms with Crippen molar-refractivity contribution >= 4 is 11.6 Å². The Balaban J connectivity index is 2.20. The van der Waals surface area contributed by atoms with Gasteiger partial charge in [0.05, 0.1) is 6.61 Å². The number of hydrogen-bond donors (Lipinski definition) is 2. The second-order valence-corrected chi connectivity index (χ2v) is 8.15. The van der Waals surface area contributed by atoms with Crippen molar-refractivity contribution in [2.24, 2.45) is 11.1 Å². The zero-order chi connectivity index (χ0) is 19.9. The molecule has 1 atom stereocenters. The lowest BCUT2D eigenvalue weighted by Crippen LogP contribution is -2.53. The van der Waals surface area contributed by atoms with Crippen LogP contribution in [-0.4, -0.2) is 56.9 Å². The van der Waals surface area contributed by atoms with E-state index < -0.39 is 0 Å². The summed E-state index contributed by atoms with van der Waals surface area (Å²) in [4.78, 5) is 4.31. The maximum Gasteiger partial charge on any atom is 0.198 e. The number of benzene rings is 1. The molecule has 0 amide bonds. The molecule has 0 aromatic heterocycles. The summed E-state index contributed by atoms with van der Waals surface area (Å²) in [5, 5.41) is 8.92. The Bertz CT molecular complexity index is 588. The Kier molecular flexibility index (Phi) is 7.92. The highest BCUT2D eigenvalue weighted by atomic mass is 16.5. The van der Waals surface area contributed by atoms with Crippen LogP contribution in [0.25, 0.3) is 0 Å². The van der Waals surface area contributed by atoms with Crippen molar-refractivity contribution in [3.8, 4) is 5.75 Å². The van der Waals surface area contributed by atoms with Crippen LogP contribution in [0.5, 0.6) is 5.75 Å². The van der Waals surface area contributed by atoms with Gasteiger partial charge in [-0.3, -0.25) is 5.41 Å². The molecule has 1 aliphatic rings. The summed E-state index contributed by atoms with van der Waals surface area (Å²) >= 11 is 0. The Hall–Kier alpha value is -1.79. The molecule has 2 rings (SSSR count). The monoisotopic (exact) mass is 376 g/mol. The molecule has 1 fully saturated rings. The highest BCUT2D eigenvalue weighted by Crippen LogP contribution is 2.27. The fourth-order valence-electron chi connectivity index (χ4n) is 3.31. The number of guanidine groups is 1. The lowest BCUT2D eigenvalue weighted by atomic mass is 9.92. The van der Waals surface area contributed by atoms with Gasteiger partial charge in [-0.2, -0.15) is 0 Å². The normalized spacial score (nSPS) is 17.7. The first-order valence-corrected chi connectivity index (χ1v) is 9.92. The van der Waals surface area contributed by atoms with Crippen LogP contribution in [0.3, 0.4) is 0 Å². The van der Waals surface area contributed by atoms with E-state index in [4.69, 9.17) is 20.6 Å². The first kappa shape index (κ1) is 21.5. The van der Waals surface area contributed by atoms with Crippen LogP contribution in [0, 0.1) is 10.8 Å². The quantitative estimate of drug-likeness (QED) is 0.414. The van der Waals surface area contributed by atoms with Gasteiger partial charge >= 0.3 is 0 Å². The molecule has 0 radical (unpaired) electrons. The van der Waals surface area contributed by atoms with E-state index in [-0.39, 0.29) is 5.41 Å². The molecule has 27 heavy (non-hydrogen) atoms. The third-order valence-electron chi connectivity index (χ3n) is 5.17. The predicted molar refractivity (Wildman–Crippen MR) is 112 cm³/mol. The molecule has 1 unspecified atom stereocenters. The summed E-state index contributed by atoms with van der Waals surface area (Å²) < 4.78 is 10.7. The molecule has 6 nitrogen and oxygen atoms in total. The van der Waals surface area contributed by atoms with E-state index in [0.29, 0.717) is 38.3 Å². The zero-order valence-electron chi connectivity index (χ0n) is 17.3. The van der Waals surface area contributed by atoms with Gasteiger partial charge < -0.3 is 25.0 Å². The van der Waals surface area contributed by atoms with Gasteiger partial charge in [-0.25, -0.2) is 0 Å². The minimum Gasteiger partial charge on any atom is -0.491 e. The van der Waals surface area contributed by atoms with E-state index in [9.17, 15) is 0 Å². The van der Waals surface area contributed by atoms with Crippen molar-refractivity contribution in [3.05, 3.63) is 24.3 Å². The predicted octanol–water partition coefficient (Wildman–Crippen LogP) is 3.31. The standard InChI is InChI=1S/C21H36N4O2/c1-17-7-5-6-12-24(17)20(23)25(16-21(2,3)15-22)18-8-10-19(11-9-18)27-14-13-26-4/h8-11,17,23H,5-7,12-16,22H2,1-4H3. The van der Waals surface area contributed by atoms with Crippen LogP contribution in [0.2, 0.25) is 0 Å². The van der Waals surface area contributed by atoms with E-state index in [1.165, 1.54) is 6.42 Å². The fourth-order valence-corrected chi connectivity index (χ4v) is 3.31. The molecule has 0 aliphatic carbocycles. The summed E-state index contributed by atoms with van der Waals surface area (Å²) in [5.41, 5.74) is 6.90. The first-order chi connectivity index (χ1) is 12.9. The van der Waals surface area contributed by atoms with Crippen molar-refractivity contribution in [3.63, 3.8) is 0 Å². The molecule has 0 spiro atoms. The Morgan fingerprint density at radius 2 is 1.96 bits per heavy atom. The maximum atomic E-state index is 8.92. The van der Waals surface area contributed by atoms with Crippen LogP contribution in [0.1, 0.15) is 40.0 Å². The molecular formula is C21H36N4O2. The van der Waals surface area contributed by atoms with Gasteiger partial charge in [0, 0.05) is 31.9 Å². The van der Waals surface area contributed by atoms with Gasteiger partial charge in [0.1, 0.15) is 12.4 Å². The van der Waals surface area contributed by atoms with Crippen LogP contribution in [0.15, 0.2) is 24.3 Å². The van der Waals surface area contributed by atoms with Crippen LogP contribution in [0.4, 0.5) is 5.69 Å². The minimum atomic E-state index is -0.0844. The Labute approximate surface area is 164 Å². The number of piperidine rings is 1. The molecule has 1 heterocycles. The van der Waals surface area contributed by atoms with Crippen molar-refractivity contribution < 1.29 is 9.47 Å². The van der Waals surface area contributed by atoms with E-state index in [0.717, 1.165) is 30.8 Å². The van der Waals surface area contributed by atoms with Gasteiger partial charge in [-0.15, -0.1) is 0 Å². The minimum absolute atomic E-state index is 0.0844. The van der Waals surface area contributed by atoms with Gasteiger partial charge in [0.2, 0.25) is 0 Å². The second kappa shape index (κ2) is 9.95. The SMILES string of the molecule is COCCOc1ccc(N(CC(C)(C)CN)C(=N)N2CCCCC2C)cc1.